The molecule has 0 N–H and O–H groups in total. The van der Waals surface area contributed by atoms with Crippen LogP contribution in [0.3, 0.4) is 0 Å². The number of hydrogen-bond donors (Lipinski definition) is 0. The third-order valence-electron chi connectivity index (χ3n) is 2.55. The first-order valence-corrected chi connectivity index (χ1v) is 9.91. The lowest BCUT2D eigenvalue weighted by Gasteiger charge is -2.24. The Morgan fingerprint density at radius 1 is 1.29 bits per heavy atom. The zero-order chi connectivity index (χ0) is 13.5. The summed E-state index contributed by atoms with van der Waals surface area (Å²) < 4.78 is 11.0. The molecule has 0 aliphatic rings. The Hall–Kier alpha value is -0.288. The molecular weight excluding hydrogens is 231 g/mol. The fourth-order valence-corrected chi connectivity index (χ4v) is 1.93. The highest BCUT2D eigenvalue weighted by atomic mass is 28.4. The topological polar surface area (TPSA) is 35.5 Å². The maximum absolute atomic E-state index is 11.8. The predicted molar refractivity (Wildman–Crippen MR) is 76.0 cm³/mol. The molecule has 5 heteroatoms. The predicted octanol–water partition coefficient (Wildman–Crippen LogP) is 2.98. The summed E-state index contributed by atoms with van der Waals surface area (Å²) in [6.45, 7) is 12.9. The largest absolute Gasteiger partial charge is 0.480 e. The Bertz CT molecular complexity index is 236. The first kappa shape index (κ1) is 16.7. The number of carbonyl (C=O) groups excluding carboxylic acids is 1. The number of ether oxygens (including phenoxy) is 1. The highest BCUT2D eigenvalue weighted by molar-refractivity contribution is 6.73. The van der Waals surface area contributed by atoms with Crippen LogP contribution in [-0.2, 0) is 13.9 Å². The maximum Gasteiger partial charge on any atom is 0.310 e. The van der Waals surface area contributed by atoms with E-state index in [1.807, 2.05) is 13.8 Å². The van der Waals surface area contributed by atoms with Gasteiger partial charge in [0.2, 0.25) is 0 Å². The molecule has 0 fully saturated rings. The van der Waals surface area contributed by atoms with Gasteiger partial charge in [-0.25, -0.2) is 0 Å². The summed E-state index contributed by atoms with van der Waals surface area (Å²) >= 11 is 0. The van der Waals surface area contributed by atoms with Crippen molar-refractivity contribution in [3.8, 4) is 0 Å². The monoisotopic (exact) mass is 258 g/mol. The highest BCUT2D eigenvalue weighted by Gasteiger charge is 2.30. The van der Waals surface area contributed by atoms with Crippen LogP contribution in [0.2, 0.25) is 26.0 Å². The Morgan fingerprint density at radius 2 is 1.88 bits per heavy atom. The Morgan fingerprint density at radius 3 is 2.35 bits per heavy atom. The van der Waals surface area contributed by atoms with E-state index >= 15 is 0 Å². The molecule has 0 heterocycles. The fourth-order valence-electron chi connectivity index (χ4n) is 1.22. The van der Waals surface area contributed by atoms with Gasteiger partial charge in [-0.05, 0) is 46.2 Å². The van der Waals surface area contributed by atoms with E-state index in [0.29, 0.717) is 14.1 Å². The number of rotatable bonds is 8. The number of carbonyl (C=O) groups is 1. The van der Waals surface area contributed by atoms with E-state index in [-0.39, 0.29) is 5.97 Å². The molecule has 0 aliphatic carbocycles. The molecule has 0 unspecified atom stereocenters. The van der Waals surface area contributed by atoms with Crippen molar-refractivity contribution < 1.29 is 13.9 Å². The third kappa shape index (κ3) is 8.44. The van der Waals surface area contributed by atoms with Gasteiger partial charge in [0.15, 0.2) is 8.32 Å². The number of hydrogen-bond acceptors (Lipinski definition) is 3. The van der Waals surface area contributed by atoms with Crippen molar-refractivity contribution in [3.63, 3.8) is 0 Å². The zero-order valence-electron chi connectivity index (χ0n) is 12.3. The number of esters is 1. The Balaban J connectivity index is 3.96. The lowest BCUT2D eigenvalue weighted by molar-refractivity contribution is -0.153. The summed E-state index contributed by atoms with van der Waals surface area (Å²) in [6.07, 6.45) is 2.71. The van der Waals surface area contributed by atoms with E-state index in [9.17, 15) is 4.79 Å². The van der Waals surface area contributed by atoms with Gasteiger partial charge in [-0.2, -0.15) is 0 Å². The van der Waals surface area contributed by atoms with Gasteiger partial charge in [0.1, 0.15) is 0 Å². The quantitative estimate of drug-likeness (QED) is 0.381. The van der Waals surface area contributed by atoms with Crippen molar-refractivity contribution in [2.75, 3.05) is 6.61 Å². The molecule has 0 aromatic rings. The highest BCUT2D eigenvalue weighted by Crippen LogP contribution is 2.23. The standard InChI is InChI=1S/C12H27BO3Si/c1-7-8-9-15-11(14)12(2,3)10-13-16-17(4,5)6/h13H,7-10H2,1-6H3. The molecule has 0 aliphatic heterocycles. The van der Waals surface area contributed by atoms with E-state index in [4.69, 9.17) is 9.08 Å². The van der Waals surface area contributed by atoms with Crippen LogP contribution in [0.4, 0.5) is 0 Å². The SMILES string of the molecule is CCCCOC(=O)C(C)(C)CBO[Si](C)(C)C. The molecule has 0 aromatic heterocycles. The molecule has 0 saturated heterocycles. The van der Waals surface area contributed by atoms with Crippen LogP contribution in [0.25, 0.3) is 0 Å². The normalized spacial score (nSPS) is 12.4. The van der Waals surface area contributed by atoms with Gasteiger partial charge in [0, 0.05) is 0 Å². The molecule has 0 bridgehead atoms. The first-order chi connectivity index (χ1) is 7.69. The lowest BCUT2D eigenvalue weighted by Crippen LogP contribution is -2.33. The van der Waals surface area contributed by atoms with Crippen LogP contribution < -0.4 is 0 Å². The summed E-state index contributed by atoms with van der Waals surface area (Å²) in [6, 6.07) is 0. The summed E-state index contributed by atoms with van der Waals surface area (Å²) in [5.74, 6) is -0.106. The second kappa shape index (κ2) is 7.21. The molecule has 17 heavy (non-hydrogen) atoms. The molecule has 0 aromatic carbocycles. The van der Waals surface area contributed by atoms with Crippen LogP contribution >= 0.6 is 0 Å². The van der Waals surface area contributed by atoms with Crippen molar-refractivity contribution in [2.45, 2.75) is 59.6 Å². The van der Waals surface area contributed by atoms with E-state index in [2.05, 4.69) is 26.6 Å². The van der Waals surface area contributed by atoms with Crippen molar-refractivity contribution in [1.29, 1.82) is 0 Å². The van der Waals surface area contributed by atoms with Crippen molar-refractivity contribution in [2.24, 2.45) is 5.41 Å². The van der Waals surface area contributed by atoms with Crippen molar-refractivity contribution in [3.05, 3.63) is 0 Å². The lowest BCUT2D eigenvalue weighted by atomic mass is 9.75. The van der Waals surface area contributed by atoms with E-state index in [1.54, 1.807) is 0 Å². The van der Waals surface area contributed by atoms with Crippen LogP contribution in [0.5, 0.6) is 0 Å². The van der Waals surface area contributed by atoms with Crippen molar-refractivity contribution >= 4 is 21.8 Å². The molecule has 0 rings (SSSR count). The summed E-state index contributed by atoms with van der Waals surface area (Å²) in [5.41, 5.74) is -0.437. The number of unbranched alkanes of at least 4 members (excludes halogenated alkanes) is 1. The fraction of sp³-hybridized carbons (Fsp3) is 0.917. The minimum atomic E-state index is -1.48. The minimum Gasteiger partial charge on any atom is -0.480 e. The van der Waals surface area contributed by atoms with Gasteiger partial charge in [0.05, 0.1) is 12.0 Å². The van der Waals surface area contributed by atoms with E-state index in [1.165, 1.54) is 0 Å². The first-order valence-electron chi connectivity index (χ1n) is 6.50. The van der Waals surface area contributed by atoms with Crippen LogP contribution in [0, 0.1) is 5.41 Å². The van der Waals surface area contributed by atoms with Gasteiger partial charge in [-0.1, -0.05) is 13.3 Å². The van der Waals surface area contributed by atoms with Gasteiger partial charge in [-0.15, -0.1) is 0 Å². The van der Waals surface area contributed by atoms with Crippen molar-refractivity contribution in [1.82, 2.24) is 0 Å². The van der Waals surface area contributed by atoms with E-state index < -0.39 is 13.7 Å². The summed E-state index contributed by atoms with van der Waals surface area (Å²) in [5, 5.41) is 0. The Labute approximate surface area is 108 Å². The molecule has 0 saturated carbocycles. The van der Waals surface area contributed by atoms with Gasteiger partial charge >= 0.3 is 5.97 Å². The second-order valence-electron chi connectivity index (χ2n) is 6.08. The third-order valence-corrected chi connectivity index (χ3v) is 3.62. The molecule has 0 amide bonds. The molecular formula is C12H27BO3Si. The summed E-state index contributed by atoms with van der Waals surface area (Å²) in [7, 11) is -0.831. The second-order valence-corrected chi connectivity index (χ2v) is 10.6. The molecule has 100 valence electrons. The Kier molecular flexibility index (Phi) is 7.09. The zero-order valence-corrected chi connectivity index (χ0v) is 13.3. The van der Waals surface area contributed by atoms with E-state index in [0.717, 1.165) is 19.2 Å². The smallest absolute Gasteiger partial charge is 0.310 e. The minimum absolute atomic E-state index is 0.106. The van der Waals surface area contributed by atoms with Gasteiger partial charge in [0.25, 0.3) is 7.48 Å². The van der Waals surface area contributed by atoms with Crippen LogP contribution in [-0.4, -0.2) is 28.4 Å². The van der Waals surface area contributed by atoms with Crippen LogP contribution in [0.15, 0.2) is 0 Å². The molecule has 0 spiro atoms. The average Bonchev–Trinajstić information content (AvgIpc) is 2.15. The summed E-state index contributed by atoms with van der Waals surface area (Å²) in [4.78, 5) is 11.8. The molecule has 3 nitrogen and oxygen atoms in total. The molecule has 0 atom stereocenters. The average molecular weight is 258 g/mol. The van der Waals surface area contributed by atoms with Gasteiger partial charge < -0.3 is 9.08 Å². The maximum atomic E-state index is 11.8. The molecule has 0 radical (unpaired) electrons. The van der Waals surface area contributed by atoms with Gasteiger partial charge in [-0.3, -0.25) is 4.79 Å². The van der Waals surface area contributed by atoms with Crippen LogP contribution in [0.1, 0.15) is 33.6 Å².